The highest BCUT2D eigenvalue weighted by molar-refractivity contribution is 5.94. The van der Waals surface area contributed by atoms with Crippen molar-refractivity contribution in [3.8, 4) is 5.75 Å². The predicted molar refractivity (Wildman–Crippen MR) is 110 cm³/mol. The van der Waals surface area contributed by atoms with Gasteiger partial charge in [0.1, 0.15) is 11.6 Å². The highest BCUT2D eigenvalue weighted by Crippen LogP contribution is 2.17. The Morgan fingerprint density at radius 2 is 1.79 bits per heavy atom. The van der Waals surface area contributed by atoms with Crippen molar-refractivity contribution in [2.75, 3.05) is 50.8 Å². The SMILES string of the molecule is CC(=O)c1cccc(OCC(=O)NCCN2CCN(c3ccc(F)cc3)CC2)c1. The molecule has 1 aliphatic rings. The summed E-state index contributed by atoms with van der Waals surface area (Å²) in [5, 5.41) is 2.86. The van der Waals surface area contributed by atoms with Crippen LogP contribution < -0.4 is 15.0 Å². The van der Waals surface area contributed by atoms with Crippen molar-refractivity contribution < 1.29 is 18.7 Å². The lowest BCUT2D eigenvalue weighted by Gasteiger charge is -2.36. The highest BCUT2D eigenvalue weighted by atomic mass is 19.1. The average Bonchev–Trinajstić information content (AvgIpc) is 2.73. The second kappa shape index (κ2) is 10.0. The Hall–Kier alpha value is -2.93. The van der Waals surface area contributed by atoms with Gasteiger partial charge in [-0.05, 0) is 43.3 Å². The number of ketones is 1. The van der Waals surface area contributed by atoms with Crippen LogP contribution in [0, 0.1) is 5.82 Å². The van der Waals surface area contributed by atoms with E-state index < -0.39 is 0 Å². The Labute approximate surface area is 170 Å². The number of amides is 1. The summed E-state index contributed by atoms with van der Waals surface area (Å²) in [4.78, 5) is 27.9. The van der Waals surface area contributed by atoms with Gasteiger partial charge in [-0.1, -0.05) is 12.1 Å². The van der Waals surface area contributed by atoms with Crippen molar-refractivity contribution >= 4 is 17.4 Å². The number of carbonyl (C=O) groups excluding carboxylic acids is 2. The summed E-state index contributed by atoms with van der Waals surface area (Å²) >= 11 is 0. The molecule has 1 heterocycles. The van der Waals surface area contributed by atoms with Gasteiger partial charge in [0.15, 0.2) is 12.4 Å². The van der Waals surface area contributed by atoms with E-state index in [1.807, 2.05) is 0 Å². The molecule has 0 unspecified atom stereocenters. The molecule has 0 aromatic heterocycles. The molecule has 0 spiro atoms. The van der Waals surface area contributed by atoms with Crippen LogP contribution in [0.1, 0.15) is 17.3 Å². The van der Waals surface area contributed by atoms with Gasteiger partial charge in [0, 0.05) is 50.5 Å². The number of Topliss-reactive ketones (excluding diaryl/α,β-unsaturated/α-hetero) is 1. The minimum atomic E-state index is -0.223. The van der Waals surface area contributed by atoms with Crippen molar-refractivity contribution in [3.05, 3.63) is 59.9 Å². The lowest BCUT2D eigenvalue weighted by atomic mass is 10.1. The van der Waals surface area contributed by atoms with Crippen LogP contribution >= 0.6 is 0 Å². The predicted octanol–water partition coefficient (Wildman–Crippen LogP) is 2.35. The maximum Gasteiger partial charge on any atom is 0.257 e. The van der Waals surface area contributed by atoms with Crippen LogP contribution in [-0.4, -0.2) is 62.5 Å². The van der Waals surface area contributed by atoms with E-state index in [-0.39, 0.29) is 24.1 Å². The quantitative estimate of drug-likeness (QED) is 0.691. The first-order valence-electron chi connectivity index (χ1n) is 9.74. The molecule has 2 aromatic carbocycles. The first-order valence-corrected chi connectivity index (χ1v) is 9.74. The molecule has 1 N–H and O–H groups in total. The molecule has 0 bridgehead atoms. The van der Waals surface area contributed by atoms with Crippen molar-refractivity contribution in [1.29, 1.82) is 0 Å². The summed E-state index contributed by atoms with van der Waals surface area (Å²) in [5.41, 5.74) is 1.59. The van der Waals surface area contributed by atoms with Crippen LogP contribution in [0.5, 0.6) is 5.75 Å². The molecule has 7 heteroatoms. The van der Waals surface area contributed by atoms with Crippen LogP contribution in [0.3, 0.4) is 0 Å². The zero-order valence-electron chi connectivity index (χ0n) is 16.6. The minimum Gasteiger partial charge on any atom is -0.484 e. The van der Waals surface area contributed by atoms with Crippen LogP contribution in [-0.2, 0) is 4.79 Å². The molecule has 0 aliphatic carbocycles. The largest absolute Gasteiger partial charge is 0.484 e. The Kier molecular flexibility index (Phi) is 7.19. The van der Waals surface area contributed by atoms with Gasteiger partial charge in [0.25, 0.3) is 5.91 Å². The summed E-state index contributed by atoms with van der Waals surface area (Å²) in [6, 6.07) is 13.4. The molecule has 6 nitrogen and oxygen atoms in total. The molecule has 1 saturated heterocycles. The molecule has 2 aromatic rings. The lowest BCUT2D eigenvalue weighted by molar-refractivity contribution is -0.123. The summed E-state index contributed by atoms with van der Waals surface area (Å²) in [7, 11) is 0. The number of rotatable bonds is 8. The third-order valence-electron chi connectivity index (χ3n) is 4.92. The number of hydrogen-bond acceptors (Lipinski definition) is 5. The first-order chi connectivity index (χ1) is 14.0. The van der Waals surface area contributed by atoms with Gasteiger partial charge in [0.2, 0.25) is 0 Å². The molecule has 1 fully saturated rings. The van der Waals surface area contributed by atoms with E-state index >= 15 is 0 Å². The van der Waals surface area contributed by atoms with E-state index in [0.29, 0.717) is 17.9 Å². The van der Waals surface area contributed by atoms with Gasteiger partial charge < -0.3 is 15.0 Å². The van der Waals surface area contributed by atoms with Gasteiger partial charge in [-0.3, -0.25) is 14.5 Å². The Morgan fingerprint density at radius 1 is 1.07 bits per heavy atom. The van der Waals surface area contributed by atoms with E-state index in [2.05, 4.69) is 15.1 Å². The summed E-state index contributed by atoms with van der Waals surface area (Å²) < 4.78 is 18.5. The molecular weight excluding hydrogens is 373 g/mol. The standard InChI is InChI=1S/C22H26FN3O3/c1-17(27)18-3-2-4-21(15-18)29-16-22(28)24-9-10-25-11-13-26(14-12-25)20-7-5-19(23)6-8-20/h2-8,15H,9-14,16H2,1H3,(H,24,28). The lowest BCUT2D eigenvalue weighted by Crippen LogP contribution is -2.48. The number of halogens is 1. The minimum absolute atomic E-state index is 0.0422. The molecular formula is C22H26FN3O3. The second-order valence-electron chi connectivity index (χ2n) is 7.03. The normalized spacial score (nSPS) is 14.5. The molecule has 0 saturated carbocycles. The topological polar surface area (TPSA) is 61.9 Å². The fraction of sp³-hybridized carbons (Fsp3) is 0.364. The number of piperazine rings is 1. The van der Waals surface area contributed by atoms with Gasteiger partial charge in [-0.2, -0.15) is 0 Å². The zero-order valence-corrected chi connectivity index (χ0v) is 16.6. The number of nitrogens with one attached hydrogen (secondary N) is 1. The molecule has 1 aliphatic heterocycles. The van der Waals surface area contributed by atoms with E-state index in [4.69, 9.17) is 4.74 Å². The van der Waals surface area contributed by atoms with Crippen LogP contribution in [0.15, 0.2) is 48.5 Å². The number of carbonyl (C=O) groups is 2. The molecule has 29 heavy (non-hydrogen) atoms. The number of benzene rings is 2. The molecule has 154 valence electrons. The monoisotopic (exact) mass is 399 g/mol. The van der Waals surface area contributed by atoms with Crippen molar-refractivity contribution in [2.45, 2.75) is 6.92 Å². The van der Waals surface area contributed by atoms with E-state index in [1.54, 1.807) is 36.4 Å². The number of anilines is 1. The second-order valence-corrected chi connectivity index (χ2v) is 7.03. The zero-order chi connectivity index (χ0) is 20.6. The van der Waals surface area contributed by atoms with E-state index in [1.165, 1.54) is 19.1 Å². The summed E-state index contributed by atoms with van der Waals surface area (Å²) in [5.74, 6) is 0.0473. The van der Waals surface area contributed by atoms with Crippen LogP contribution in [0.25, 0.3) is 0 Å². The first kappa shape index (κ1) is 20.8. The van der Waals surface area contributed by atoms with Crippen LogP contribution in [0.2, 0.25) is 0 Å². The van der Waals surface area contributed by atoms with Gasteiger partial charge >= 0.3 is 0 Å². The number of ether oxygens (including phenoxy) is 1. The molecule has 1 amide bonds. The summed E-state index contributed by atoms with van der Waals surface area (Å²) in [6.45, 7) is 6.24. The van der Waals surface area contributed by atoms with Crippen LogP contribution in [0.4, 0.5) is 10.1 Å². The van der Waals surface area contributed by atoms with Gasteiger partial charge in [-0.25, -0.2) is 4.39 Å². The maximum absolute atomic E-state index is 13.0. The molecule has 0 atom stereocenters. The Morgan fingerprint density at radius 3 is 2.48 bits per heavy atom. The third kappa shape index (κ3) is 6.29. The Balaban J connectivity index is 1.33. The van der Waals surface area contributed by atoms with Gasteiger partial charge in [0.05, 0.1) is 0 Å². The van der Waals surface area contributed by atoms with Crippen molar-refractivity contribution in [2.24, 2.45) is 0 Å². The van der Waals surface area contributed by atoms with E-state index in [9.17, 15) is 14.0 Å². The fourth-order valence-corrected chi connectivity index (χ4v) is 3.24. The third-order valence-corrected chi connectivity index (χ3v) is 4.92. The highest BCUT2D eigenvalue weighted by Gasteiger charge is 2.17. The van der Waals surface area contributed by atoms with E-state index in [0.717, 1.165) is 38.4 Å². The number of nitrogens with zero attached hydrogens (tertiary/aromatic N) is 2. The van der Waals surface area contributed by atoms with Crippen molar-refractivity contribution in [1.82, 2.24) is 10.2 Å². The fourth-order valence-electron chi connectivity index (χ4n) is 3.24. The molecule has 3 rings (SSSR count). The Bertz CT molecular complexity index is 833. The van der Waals surface area contributed by atoms with Gasteiger partial charge in [-0.15, -0.1) is 0 Å². The smallest absolute Gasteiger partial charge is 0.257 e. The maximum atomic E-state index is 13.0. The number of hydrogen-bond donors (Lipinski definition) is 1. The average molecular weight is 399 g/mol. The molecule has 0 radical (unpaired) electrons. The van der Waals surface area contributed by atoms with Crippen molar-refractivity contribution in [3.63, 3.8) is 0 Å². The summed E-state index contributed by atoms with van der Waals surface area (Å²) in [6.07, 6.45) is 0.